The summed E-state index contributed by atoms with van der Waals surface area (Å²) < 4.78 is 0. The van der Waals surface area contributed by atoms with E-state index in [1.54, 1.807) is 4.90 Å². The van der Waals surface area contributed by atoms with Gasteiger partial charge in [0.15, 0.2) is 0 Å². The van der Waals surface area contributed by atoms with Gasteiger partial charge in [-0.2, -0.15) is 0 Å². The predicted octanol–water partition coefficient (Wildman–Crippen LogP) is 0.646. The molecule has 2 aliphatic carbocycles. The summed E-state index contributed by atoms with van der Waals surface area (Å²) in [6.45, 7) is 1.41. The lowest BCUT2D eigenvalue weighted by Crippen LogP contribution is -2.46. The first-order valence-corrected chi connectivity index (χ1v) is 8.58. The van der Waals surface area contributed by atoms with E-state index in [1.807, 2.05) is 4.90 Å². The Morgan fingerprint density at radius 1 is 1.22 bits per heavy atom. The third-order valence-electron chi connectivity index (χ3n) is 6.06. The number of carboxylic acid groups (broad SMARTS) is 1. The lowest BCUT2D eigenvalue weighted by molar-refractivity contribution is -0.149. The quantitative estimate of drug-likeness (QED) is 0.798. The van der Waals surface area contributed by atoms with Gasteiger partial charge in [0.05, 0.1) is 11.5 Å². The van der Waals surface area contributed by atoms with Gasteiger partial charge in [-0.25, -0.2) is 4.79 Å². The zero-order valence-corrected chi connectivity index (χ0v) is 13.2. The number of carbonyl (C=O) groups excluding carboxylic acids is 2. The number of hydrogen-bond donors (Lipinski definition) is 2. The van der Waals surface area contributed by atoms with Crippen LogP contribution in [0.5, 0.6) is 0 Å². The van der Waals surface area contributed by atoms with Crippen molar-refractivity contribution in [2.75, 3.05) is 19.6 Å². The van der Waals surface area contributed by atoms with Crippen LogP contribution in [0.15, 0.2) is 0 Å². The second-order valence-electron chi connectivity index (χ2n) is 7.56. The Morgan fingerprint density at radius 2 is 2.00 bits per heavy atom. The third kappa shape index (κ3) is 2.37. The molecule has 2 saturated heterocycles. The first kappa shape index (κ1) is 14.8. The van der Waals surface area contributed by atoms with E-state index >= 15 is 0 Å². The topological polar surface area (TPSA) is 90.0 Å². The van der Waals surface area contributed by atoms with Gasteiger partial charge in [-0.05, 0) is 31.6 Å². The number of urea groups is 1. The Labute approximate surface area is 135 Å². The number of nitrogens with one attached hydrogen (secondary N) is 1. The SMILES string of the molecule is O=C(NC1CC(=O)N(C2CC2)C1)N1C[C@@H]2CCC[C@@]2(C(=O)O)C1. The summed E-state index contributed by atoms with van der Waals surface area (Å²) in [6.07, 6.45) is 4.98. The lowest BCUT2D eigenvalue weighted by Gasteiger charge is -2.24. The van der Waals surface area contributed by atoms with Crippen molar-refractivity contribution in [3.8, 4) is 0 Å². The van der Waals surface area contributed by atoms with Crippen LogP contribution in [0.4, 0.5) is 4.79 Å². The third-order valence-corrected chi connectivity index (χ3v) is 6.06. The molecule has 23 heavy (non-hydrogen) atoms. The molecule has 4 rings (SSSR count). The van der Waals surface area contributed by atoms with Crippen molar-refractivity contribution in [1.82, 2.24) is 15.1 Å². The molecule has 0 bridgehead atoms. The number of amides is 3. The number of nitrogens with zero attached hydrogens (tertiary/aromatic N) is 2. The standard InChI is InChI=1S/C16H23N3O4/c20-13-6-11(8-19(13)12-3-4-12)17-15(23)18-7-10-2-1-5-16(10,9-18)14(21)22/h10-12H,1-9H2,(H,17,23)(H,21,22)/t10-,11?,16+/m0/s1. The normalized spacial score (nSPS) is 36.4. The summed E-state index contributed by atoms with van der Waals surface area (Å²) >= 11 is 0. The molecule has 7 heteroatoms. The van der Waals surface area contributed by atoms with Crippen molar-refractivity contribution in [3.05, 3.63) is 0 Å². The molecule has 2 heterocycles. The van der Waals surface area contributed by atoms with Crippen molar-refractivity contribution in [2.45, 2.75) is 50.6 Å². The van der Waals surface area contributed by atoms with Crippen LogP contribution in [0.3, 0.4) is 0 Å². The van der Waals surface area contributed by atoms with Crippen LogP contribution >= 0.6 is 0 Å². The van der Waals surface area contributed by atoms with E-state index in [-0.39, 0.29) is 23.9 Å². The van der Waals surface area contributed by atoms with Crippen LogP contribution in [-0.2, 0) is 9.59 Å². The highest BCUT2D eigenvalue weighted by atomic mass is 16.4. The molecule has 4 fully saturated rings. The maximum absolute atomic E-state index is 12.5. The van der Waals surface area contributed by atoms with Crippen molar-refractivity contribution < 1.29 is 19.5 Å². The number of fused-ring (bicyclic) bond motifs is 1. The largest absolute Gasteiger partial charge is 0.481 e. The van der Waals surface area contributed by atoms with Crippen LogP contribution in [0.2, 0.25) is 0 Å². The molecule has 0 spiro atoms. The van der Waals surface area contributed by atoms with Gasteiger partial charge in [0.25, 0.3) is 0 Å². The Bertz CT molecular complexity index is 562. The molecule has 3 atom stereocenters. The second-order valence-corrected chi connectivity index (χ2v) is 7.56. The molecule has 0 aromatic rings. The fourth-order valence-corrected chi connectivity index (χ4v) is 4.63. The molecule has 2 saturated carbocycles. The summed E-state index contributed by atoms with van der Waals surface area (Å²) in [6, 6.07) is 0.0260. The highest BCUT2D eigenvalue weighted by Crippen LogP contribution is 2.48. The van der Waals surface area contributed by atoms with Crippen LogP contribution < -0.4 is 5.32 Å². The number of likely N-dealkylation sites (tertiary alicyclic amines) is 2. The Hall–Kier alpha value is -1.79. The molecule has 2 aliphatic heterocycles. The Morgan fingerprint density at radius 3 is 2.65 bits per heavy atom. The van der Waals surface area contributed by atoms with Gasteiger partial charge in [-0.3, -0.25) is 9.59 Å². The van der Waals surface area contributed by atoms with E-state index in [9.17, 15) is 19.5 Å². The molecule has 1 unspecified atom stereocenters. The predicted molar refractivity (Wildman–Crippen MR) is 80.7 cm³/mol. The van der Waals surface area contributed by atoms with Gasteiger partial charge in [0.1, 0.15) is 0 Å². The highest BCUT2D eigenvalue weighted by molar-refractivity contribution is 5.83. The molecule has 126 valence electrons. The molecule has 2 N–H and O–H groups in total. The van der Waals surface area contributed by atoms with Crippen molar-refractivity contribution >= 4 is 17.9 Å². The molecule has 0 aromatic carbocycles. The van der Waals surface area contributed by atoms with Gasteiger partial charge in [-0.1, -0.05) is 6.42 Å². The minimum Gasteiger partial charge on any atom is -0.481 e. The summed E-state index contributed by atoms with van der Waals surface area (Å²) in [4.78, 5) is 39.6. The number of aliphatic carboxylic acids is 1. The number of hydrogen-bond acceptors (Lipinski definition) is 3. The van der Waals surface area contributed by atoms with Gasteiger partial charge < -0.3 is 20.2 Å². The molecule has 4 aliphatic rings. The number of carboxylic acids is 1. The molecule has 0 radical (unpaired) electrons. The number of carbonyl (C=O) groups is 3. The number of rotatable bonds is 3. The van der Waals surface area contributed by atoms with Crippen LogP contribution in [0.1, 0.15) is 38.5 Å². The molecule has 3 amide bonds. The molecular formula is C16H23N3O4. The average molecular weight is 321 g/mol. The summed E-state index contributed by atoms with van der Waals surface area (Å²) in [5.41, 5.74) is -0.747. The molecule has 7 nitrogen and oxygen atoms in total. The van der Waals surface area contributed by atoms with Crippen LogP contribution in [-0.4, -0.2) is 64.5 Å². The van der Waals surface area contributed by atoms with E-state index in [4.69, 9.17) is 0 Å². The Balaban J connectivity index is 1.37. The monoisotopic (exact) mass is 321 g/mol. The van der Waals surface area contributed by atoms with E-state index in [0.29, 0.717) is 38.5 Å². The van der Waals surface area contributed by atoms with Crippen LogP contribution in [0, 0.1) is 11.3 Å². The minimum absolute atomic E-state index is 0.0684. The van der Waals surface area contributed by atoms with Gasteiger partial charge in [0.2, 0.25) is 5.91 Å². The van der Waals surface area contributed by atoms with Gasteiger partial charge in [0, 0.05) is 32.1 Å². The second kappa shape index (κ2) is 5.11. The van der Waals surface area contributed by atoms with E-state index in [2.05, 4.69) is 5.32 Å². The molecule has 0 aromatic heterocycles. The first-order valence-electron chi connectivity index (χ1n) is 8.58. The zero-order chi connectivity index (χ0) is 16.2. The van der Waals surface area contributed by atoms with Crippen LogP contribution in [0.25, 0.3) is 0 Å². The maximum atomic E-state index is 12.5. The average Bonchev–Trinajstić information content (AvgIpc) is 2.97. The maximum Gasteiger partial charge on any atom is 0.317 e. The van der Waals surface area contributed by atoms with E-state index < -0.39 is 11.4 Å². The van der Waals surface area contributed by atoms with E-state index in [1.165, 1.54) is 0 Å². The lowest BCUT2D eigenvalue weighted by atomic mass is 9.81. The first-order chi connectivity index (χ1) is 11.0. The van der Waals surface area contributed by atoms with Crippen molar-refractivity contribution in [3.63, 3.8) is 0 Å². The van der Waals surface area contributed by atoms with Crippen molar-refractivity contribution in [1.29, 1.82) is 0 Å². The van der Waals surface area contributed by atoms with Crippen molar-refractivity contribution in [2.24, 2.45) is 11.3 Å². The fourth-order valence-electron chi connectivity index (χ4n) is 4.63. The minimum atomic E-state index is -0.772. The zero-order valence-electron chi connectivity index (χ0n) is 13.2. The highest BCUT2D eigenvalue weighted by Gasteiger charge is 2.56. The fraction of sp³-hybridized carbons (Fsp3) is 0.812. The smallest absolute Gasteiger partial charge is 0.317 e. The Kier molecular flexibility index (Phi) is 3.28. The van der Waals surface area contributed by atoms with Gasteiger partial charge >= 0.3 is 12.0 Å². The van der Waals surface area contributed by atoms with E-state index in [0.717, 1.165) is 25.7 Å². The van der Waals surface area contributed by atoms with Gasteiger partial charge in [-0.15, -0.1) is 0 Å². The summed E-state index contributed by atoms with van der Waals surface area (Å²) in [5, 5.41) is 12.5. The summed E-state index contributed by atoms with van der Waals surface area (Å²) in [5.74, 6) is -0.580. The summed E-state index contributed by atoms with van der Waals surface area (Å²) in [7, 11) is 0. The molecular weight excluding hydrogens is 298 g/mol.